The first-order valence-corrected chi connectivity index (χ1v) is 7.75. The van der Waals surface area contributed by atoms with Crippen molar-refractivity contribution in [3.63, 3.8) is 0 Å². The maximum Gasteiger partial charge on any atom is 0.139 e. The third kappa shape index (κ3) is 2.54. The van der Waals surface area contributed by atoms with E-state index >= 15 is 0 Å². The van der Waals surface area contributed by atoms with Crippen LogP contribution in [0.1, 0.15) is 5.56 Å². The number of fused-ring (bicyclic) bond motifs is 1. The summed E-state index contributed by atoms with van der Waals surface area (Å²) in [6.45, 7) is 0.649. The summed E-state index contributed by atoms with van der Waals surface area (Å²) in [5, 5.41) is 0. The molecule has 0 saturated carbocycles. The highest BCUT2D eigenvalue weighted by Crippen LogP contribution is 2.39. The van der Waals surface area contributed by atoms with Crippen LogP contribution in [-0.4, -0.2) is 15.0 Å². The summed E-state index contributed by atoms with van der Waals surface area (Å²) >= 11 is 1.55. The summed E-state index contributed by atoms with van der Waals surface area (Å²) in [7, 11) is 0.572. The highest BCUT2D eigenvalue weighted by Gasteiger charge is 2.27. The average Bonchev–Trinajstić information content (AvgIpc) is 2.77. The summed E-state index contributed by atoms with van der Waals surface area (Å²) in [5.74, 6) is 0.835. The van der Waals surface area contributed by atoms with E-state index in [0.717, 1.165) is 21.1 Å². The van der Waals surface area contributed by atoms with E-state index in [4.69, 9.17) is 4.74 Å². The van der Waals surface area contributed by atoms with Crippen LogP contribution < -0.4 is 4.74 Å². The lowest BCUT2D eigenvalue weighted by molar-refractivity contribution is 0.414. The molecule has 0 bridgehead atoms. The lowest BCUT2D eigenvalue weighted by Crippen LogP contribution is -2.13. The molecule has 0 spiro atoms. The number of benzene rings is 2. The number of nitrogens with zero attached hydrogens (tertiary/aromatic N) is 1. The minimum absolute atomic E-state index is 0.649. The Bertz CT molecular complexity index is 613. The molecule has 2 aromatic rings. The Labute approximate surface area is 119 Å². The third-order valence-electron chi connectivity index (χ3n) is 2.89. The van der Waals surface area contributed by atoms with Crippen LogP contribution in [-0.2, 0) is 17.5 Å². The first kappa shape index (κ1) is 12.7. The molecule has 3 nitrogen and oxygen atoms in total. The van der Waals surface area contributed by atoms with Gasteiger partial charge in [0.05, 0.1) is 12.0 Å². The SMILES string of the molecule is COc1ccc(CN2Sc3ccccc3S2=O)cc1. The molecule has 0 N–H and O–H groups in total. The first-order valence-electron chi connectivity index (χ1n) is 5.87. The van der Waals surface area contributed by atoms with E-state index in [1.54, 1.807) is 19.1 Å². The van der Waals surface area contributed by atoms with Gasteiger partial charge in [0.25, 0.3) is 0 Å². The van der Waals surface area contributed by atoms with E-state index in [9.17, 15) is 4.21 Å². The van der Waals surface area contributed by atoms with Crippen molar-refractivity contribution in [1.29, 1.82) is 0 Å². The molecular weight excluding hydrogens is 278 g/mol. The summed E-state index contributed by atoms with van der Waals surface area (Å²) in [6.07, 6.45) is 0. The highest BCUT2D eigenvalue weighted by atomic mass is 32.2. The van der Waals surface area contributed by atoms with Gasteiger partial charge < -0.3 is 4.74 Å². The zero-order valence-electron chi connectivity index (χ0n) is 10.4. The van der Waals surface area contributed by atoms with Crippen molar-refractivity contribution in [1.82, 2.24) is 3.71 Å². The topological polar surface area (TPSA) is 29.5 Å². The zero-order chi connectivity index (χ0) is 13.2. The van der Waals surface area contributed by atoms with Crippen molar-refractivity contribution >= 4 is 22.9 Å². The van der Waals surface area contributed by atoms with E-state index < -0.39 is 11.0 Å². The standard InChI is InChI=1S/C14H13NO2S2/c1-17-12-8-6-11(7-9-12)10-15-18-13-4-2-3-5-14(13)19(15)16/h2-9H,10H2,1H3. The highest BCUT2D eigenvalue weighted by molar-refractivity contribution is 8.08. The predicted octanol–water partition coefficient (Wildman–Crippen LogP) is 3.24. The van der Waals surface area contributed by atoms with Gasteiger partial charge in [-0.25, -0.2) is 4.21 Å². The van der Waals surface area contributed by atoms with Crippen molar-refractivity contribution in [3.05, 3.63) is 54.1 Å². The number of methoxy groups -OCH3 is 1. The van der Waals surface area contributed by atoms with Crippen LogP contribution in [0.2, 0.25) is 0 Å². The minimum atomic E-state index is -1.08. The molecule has 0 fully saturated rings. The van der Waals surface area contributed by atoms with Gasteiger partial charge in [-0.1, -0.05) is 24.3 Å². The molecule has 0 saturated heterocycles. The average molecular weight is 291 g/mol. The second-order valence-corrected chi connectivity index (χ2v) is 6.80. The van der Waals surface area contributed by atoms with Gasteiger partial charge in [-0.05, 0) is 41.8 Å². The lowest BCUT2D eigenvalue weighted by atomic mass is 10.2. The van der Waals surface area contributed by atoms with Crippen LogP contribution in [0.3, 0.4) is 0 Å². The fourth-order valence-corrected chi connectivity index (χ4v) is 4.62. The minimum Gasteiger partial charge on any atom is -0.497 e. The Morgan fingerprint density at radius 1 is 1.16 bits per heavy atom. The zero-order valence-corrected chi connectivity index (χ0v) is 12.0. The van der Waals surface area contributed by atoms with Crippen molar-refractivity contribution in [3.8, 4) is 5.75 Å². The van der Waals surface area contributed by atoms with Gasteiger partial charge in [0.1, 0.15) is 16.7 Å². The van der Waals surface area contributed by atoms with E-state index in [-0.39, 0.29) is 0 Å². The van der Waals surface area contributed by atoms with Gasteiger partial charge in [0, 0.05) is 11.4 Å². The molecule has 0 aromatic heterocycles. The van der Waals surface area contributed by atoms with Crippen LogP contribution >= 0.6 is 11.9 Å². The molecule has 1 aliphatic rings. The largest absolute Gasteiger partial charge is 0.497 e. The molecular formula is C14H13NO2S2. The molecule has 2 aromatic carbocycles. The van der Waals surface area contributed by atoms with Gasteiger partial charge in [-0.2, -0.15) is 3.71 Å². The molecule has 1 heterocycles. The van der Waals surface area contributed by atoms with Crippen molar-refractivity contribution < 1.29 is 8.95 Å². The number of rotatable bonds is 3. The van der Waals surface area contributed by atoms with Crippen LogP contribution in [0.5, 0.6) is 5.75 Å². The van der Waals surface area contributed by atoms with Crippen LogP contribution in [0, 0.1) is 0 Å². The van der Waals surface area contributed by atoms with Crippen LogP contribution in [0.4, 0.5) is 0 Å². The second-order valence-electron chi connectivity index (χ2n) is 4.13. The summed E-state index contributed by atoms with van der Waals surface area (Å²) < 4.78 is 19.3. The fraction of sp³-hybridized carbons (Fsp3) is 0.143. The molecule has 19 heavy (non-hydrogen) atoms. The van der Waals surface area contributed by atoms with Crippen molar-refractivity contribution in [2.45, 2.75) is 16.3 Å². The molecule has 1 aliphatic heterocycles. The number of ether oxygens (including phenoxy) is 1. The van der Waals surface area contributed by atoms with E-state index in [1.807, 2.05) is 52.2 Å². The summed E-state index contributed by atoms with van der Waals surface area (Å²) in [5.41, 5.74) is 1.12. The Morgan fingerprint density at radius 2 is 1.89 bits per heavy atom. The van der Waals surface area contributed by atoms with E-state index in [0.29, 0.717) is 6.54 Å². The molecule has 0 radical (unpaired) electrons. The number of hydrogen-bond acceptors (Lipinski definition) is 3. The molecule has 0 aliphatic carbocycles. The molecule has 3 rings (SSSR count). The Balaban J connectivity index is 1.77. The quantitative estimate of drug-likeness (QED) is 0.813. The normalized spacial score (nSPS) is 18.3. The van der Waals surface area contributed by atoms with Crippen LogP contribution in [0.25, 0.3) is 0 Å². The van der Waals surface area contributed by atoms with Crippen molar-refractivity contribution in [2.75, 3.05) is 7.11 Å². The van der Waals surface area contributed by atoms with Gasteiger partial charge in [0.2, 0.25) is 0 Å². The molecule has 0 amide bonds. The van der Waals surface area contributed by atoms with Gasteiger partial charge in [-0.15, -0.1) is 0 Å². The molecule has 1 unspecified atom stereocenters. The monoisotopic (exact) mass is 291 g/mol. The Hall–Kier alpha value is -1.30. The predicted molar refractivity (Wildman–Crippen MR) is 77.2 cm³/mol. The third-order valence-corrected chi connectivity index (χ3v) is 5.77. The smallest absolute Gasteiger partial charge is 0.139 e. The molecule has 1 atom stereocenters. The van der Waals surface area contributed by atoms with Gasteiger partial charge in [0.15, 0.2) is 0 Å². The van der Waals surface area contributed by atoms with Gasteiger partial charge >= 0.3 is 0 Å². The van der Waals surface area contributed by atoms with E-state index in [1.165, 1.54) is 0 Å². The van der Waals surface area contributed by atoms with Crippen LogP contribution in [0.15, 0.2) is 58.3 Å². The first-order chi connectivity index (χ1) is 9.28. The van der Waals surface area contributed by atoms with E-state index in [2.05, 4.69) is 0 Å². The van der Waals surface area contributed by atoms with Gasteiger partial charge in [-0.3, -0.25) is 0 Å². The lowest BCUT2D eigenvalue weighted by Gasteiger charge is -2.12. The summed E-state index contributed by atoms with van der Waals surface area (Å²) in [6, 6.07) is 15.7. The second kappa shape index (κ2) is 5.36. The molecule has 5 heteroatoms. The molecule has 98 valence electrons. The maximum absolute atomic E-state index is 12.3. The number of hydrogen-bond donors (Lipinski definition) is 0. The van der Waals surface area contributed by atoms with Crippen molar-refractivity contribution in [2.24, 2.45) is 0 Å². The fourth-order valence-electron chi connectivity index (χ4n) is 1.89. The summed E-state index contributed by atoms with van der Waals surface area (Å²) in [4.78, 5) is 1.98. The Kier molecular flexibility index (Phi) is 3.59. The Morgan fingerprint density at radius 3 is 2.58 bits per heavy atom. The maximum atomic E-state index is 12.3.